The van der Waals surface area contributed by atoms with Gasteiger partial charge in [0.05, 0.1) is 26.5 Å². The first kappa shape index (κ1) is 17.9. The molecule has 6 nitrogen and oxygen atoms in total. The van der Waals surface area contributed by atoms with Crippen molar-refractivity contribution in [2.75, 3.05) is 32.7 Å². The monoisotopic (exact) mass is 393 g/mol. The van der Waals surface area contributed by atoms with E-state index in [-0.39, 0.29) is 5.96 Å². The average molecular weight is 394 g/mol. The average Bonchev–Trinajstić information content (AvgIpc) is 2.58. The molecule has 0 aliphatic heterocycles. The standard InChI is InChI=1S/C17H20BrN3O3/c1-22-13-6-7-16(23-2)15(11-13)21-17(19)20-8-9-24-14-5-3-4-12(18)10-14/h3-7,10-11H,8-9H2,1-2H3,(H3,19,20,21). The first-order chi connectivity index (χ1) is 11.6. The number of anilines is 1. The van der Waals surface area contributed by atoms with E-state index in [1.165, 1.54) is 0 Å². The molecule has 24 heavy (non-hydrogen) atoms. The summed E-state index contributed by atoms with van der Waals surface area (Å²) in [6.45, 7) is 0.853. The van der Waals surface area contributed by atoms with E-state index in [1.54, 1.807) is 26.4 Å². The van der Waals surface area contributed by atoms with Crippen molar-refractivity contribution in [1.29, 1.82) is 0 Å². The molecule has 0 spiro atoms. The van der Waals surface area contributed by atoms with Crippen LogP contribution in [-0.4, -0.2) is 33.3 Å². The van der Waals surface area contributed by atoms with Gasteiger partial charge >= 0.3 is 0 Å². The Bertz CT molecular complexity index is 707. The van der Waals surface area contributed by atoms with E-state index < -0.39 is 0 Å². The Morgan fingerprint density at radius 3 is 2.67 bits per heavy atom. The fourth-order valence-corrected chi connectivity index (χ4v) is 2.35. The van der Waals surface area contributed by atoms with Gasteiger partial charge in [0.2, 0.25) is 0 Å². The molecule has 0 heterocycles. The van der Waals surface area contributed by atoms with Crippen LogP contribution in [0.4, 0.5) is 5.69 Å². The van der Waals surface area contributed by atoms with E-state index in [9.17, 15) is 0 Å². The summed E-state index contributed by atoms with van der Waals surface area (Å²) >= 11 is 3.40. The Morgan fingerprint density at radius 2 is 1.96 bits per heavy atom. The van der Waals surface area contributed by atoms with Crippen molar-refractivity contribution in [3.05, 3.63) is 46.9 Å². The fraction of sp³-hybridized carbons (Fsp3) is 0.235. The molecule has 2 aromatic carbocycles. The molecular weight excluding hydrogens is 374 g/mol. The van der Waals surface area contributed by atoms with Crippen molar-refractivity contribution in [1.82, 2.24) is 0 Å². The third kappa shape index (κ3) is 5.34. The number of ether oxygens (including phenoxy) is 3. The number of rotatable bonds is 7. The number of nitrogens with one attached hydrogen (secondary N) is 1. The van der Waals surface area contributed by atoms with Crippen LogP contribution in [0.15, 0.2) is 51.9 Å². The number of guanidine groups is 1. The smallest absolute Gasteiger partial charge is 0.193 e. The number of nitrogens with zero attached hydrogens (tertiary/aromatic N) is 1. The van der Waals surface area contributed by atoms with E-state index in [2.05, 4.69) is 26.2 Å². The summed E-state index contributed by atoms with van der Waals surface area (Å²) in [6, 6.07) is 13.0. The van der Waals surface area contributed by atoms with Crippen molar-refractivity contribution in [2.45, 2.75) is 0 Å². The molecule has 2 aromatic rings. The predicted octanol–water partition coefficient (Wildman–Crippen LogP) is 3.27. The summed E-state index contributed by atoms with van der Waals surface area (Å²) in [4.78, 5) is 4.24. The largest absolute Gasteiger partial charge is 0.497 e. The summed E-state index contributed by atoms with van der Waals surface area (Å²) in [5.41, 5.74) is 6.59. The molecule has 0 saturated heterocycles. The van der Waals surface area contributed by atoms with Crippen molar-refractivity contribution in [3.8, 4) is 17.2 Å². The lowest BCUT2D eigenvalue weighted by molar-refractivity contribution is 0.328. The Kier molecular flexibility index (Phi) is 6.74. The van der Waals surface area contributed by atoms with Gasteiger partial charge in [-0.15, -0.1) is 0 Å². The zero-order chi connectivity index (χ0) is 17.4. The highest BCUT2D eigenvalue weighted by atomic mass is 79.9. The number of aliphatic imine (C=N–C) groups is 1. The molecule has 0 amide bonds. The summed E-state index contributed by atoms with van der Waals surface area (Å²) in [6.07, 6.45) is 0. The molecule has 0 aromatic heterocycles. The van der Waals surface area contributed by atoms with Crippen LogP contribution in [0.25, 0.3) is 0 Å². The molecule has 0 bridgehead atoms. The van der Waals surface area contributed by atoms with Crippen LogP contribution in [0.2, 0.25) is 0 Å². The molecule has 128 valence electrons. The van der Waals surface area contributed by atoms with E-state index in [0.717, 1.165) is 10.2 Å². The predicted molar refractivity (Wildman–Crippen MR) is 99.3 cm³/mol. The van der Waals surface area contributed by atoms with Gasteiger partial charge < -0.3 is 25.3 Å². The number of hydrogen-bond acceptors (Lipinski definition) is 4. The number of nitrogens with two attached hydrogens (primary N) is 1. The second-order valence-corrected chi connectivity index (χ2v) is 5.68. The topological polar surface area (TPSA) is 78.1 Å². The van der Waals surface area contributed by atoms with Crippen LogP contribution in [0.3, 0.4) is 0 Å². The van der Waals surface area contributed by atoms with Crippen LogP contribution in [0.1, 0.15) is 0 Å². The zero-order valence-corrected chi connectivity index (χ0v) is 15.2. The van der Waals surface area contributed by atoms with E-state index >= 15 is 0 Å². The maximum atomic E-state index is 5.90. The number of halogens is 1. The first-order valence-electron chi connectivity index (χ1n) is 7.29. The van der Waals surface area contributed by atoms with Gasteiger partial charge in [0, 0.05) is 10.5 Å². The molecule has 0 fully saturated rings. The van der Waals surface area contributed by atoms with Crippen LogP contribution in [0, 0.1) is 0 Å². The highest BCUT2D eigenvalue weighted by Crippen LogP contribution is 2.28. The summed E-state index contributed by atoms with van der Waals surface area (Å²) in [5, 5.41) is 3.00. The van der Waals surface area contributed by atoms with Crippen LogP contribution in [0.5, 0.6) is 17.2 Å². The third-order valence-corrected chi connectivity index (χ3v) is 3.60. The van der Waals surface area contributed by atoms with E-state index in [4.69, 9.17) is 19.9 Å². The minimum atomic E-state index is 0.277. The number of methoxy groups -OCH3 is 2. The van der Waals surface area contributed by atoms with Gasteiger partial charge in [0.1, 0.15) is 23.9 Å². The second kappa shape index (κ2) is 9.02. The van der Waals surface area contributed by atoms with Gasteiger partial charge in [-0.2, -0.15) is 0 Å². The molecule has 0 aliphatic carbocycles. The minimum absolute atomic E-state index is 0.277. The molecule has 2 rings (SSSR count). The van der Waals surface area contributed by atoms with Gasteiger partial charge in [-0.25, -0.2) is 4.99 Å². The SMILES string of the molecule is COc1ccc(OC)c(NC(N)=NCCOc2cccc(Br)c2)c1. The Labute approximate surface area is 149 Å². The summed E-state index contributed by atoms with van der Waals surface area (Å²) in [5.74, 6) is 2.41. The molecule has 0 radical (unpaired) electrons. The number of benzene rings is 2. The van der Waals surface area contributed by atoms with Crippen LogP contribution < -0.4 is 25.3 Å². The summed E-state index contributed by atoms with van der Waals surface area (Å²) < 4.78 is 17.0. The highest BCUT2D eigenvalue weighted by Gasteiger charge is 2.06. The molecular formula is C17H20BrN3O3. The number of hydrogen-bond donors (Lipinski definition) is 2. The molecule has 7 heteroatoms. The minimum Gasteiger partial charge on any atom is -0.497 e. The second-order valence-electron chi connectivity index (χ2n) is 4.76. The lowest BCUT2D eigenvalue weighted by atomic mass is 10.2. The molecule has 0 atom stereocenters. The van der Waals surface area contributed by atoms with Gasteiger partial charge in [-0.05, 0) is 30.3 Å². The Morgan fingerprint density at radius 1 is 1.12 bits per heavy atom. The molecule has 3 N–H and O–H groups in total. The zero-order valence-electron chi connectivity index (χ0n) is 13.6. The van der Waals surface area contributed by atoms with Crippen molar-refractivity contribution < 1.29 is 14.2 Å². The highest BCUT2D eigenvalue weighted by molar-refractivity contribution is 9.10. The third-order valence-electron chi connectivity index (χ3n) is 3.11. The summed E-state index contributed by atoms with van der Waals surface area (Å²) in [7, 11) is 3.19. The fourth-order valence-electron chi connectivity index (χ4n) is 1.98. The maximum Gasteiger partial charge on any atom is 0.193 e. The van der Waals surface area contributed by atoms with E-state index in [1.807, 2.05) is 30.3 Å². The lowest BCUT2D eigenvalue weighted by Crippen LogP contribution is -2.24. The first-order valence-corrected chi connectivity index (χ1v) is 8.09. The van der Waals surface area contributed by atoms with Crippen molar-refractivity contribution in [2.24, 2.45) is 10.7 Å². The van der Waals surface area contributed by atoms with Gasteiger partial charge in [0.25, 0.3) is 0 Å². The Hall–Kier alpha value is -2.41. The molecule has 0 unspecified atom stereocenters. The van der Waals surface area contributed by atoms with Gasteiger partial charge in [0.15, 0.2) is 5.96 Å². The van der Waals surface area contributed by atoms with E-state index in [0.29, 0.717) is 30.3 Å². The lowest BCUT2D eigenvalue weighted by Gasteiger charge is -2.12. The maximum absolute atomic E-state index is 5.90. The van der Waals surface area contributed by atoms with Gasteiger partial charge in [-0.1, -0.05) is 22.0 Å². The normalized spacial score (nSPS) is 11.0. The Balaban J connectivity index is 1.89. The molecule has 0 aliphatic rings. The van der Waals surface area contributed by atoms with Gasteiger partial charge in [-0.3, -0.25) is 0 Å². The van der Waals surface area contributed by atoms with Crippen LogP contribution in [-0.2, 0) is 0 Å². The van der Waals surface area contributed by atoms with Crippen molar-refractivity contribution in [3.63, 3.8) is 0 Å². The van der Waals surface area contributed by atoms with Crippen LogP contribution >= 0.6 is 15.9 Å². The van der Waals surface area contributed by atoms with Crippen molar-refractivity contribution >= 4 is 27.6 Å². The molecule has 0 saturated carbocycles. The quantitative estimate of drug-likeness (QED) is 0.428.